The van der Waals surface area contributed by atoms with E-state index in [0.29, 0.717) is 11.5 Å². The number of anilines is 1. The molecule has 0 unspecified atom stereocenters. The lowest BCUT2D eigenvalue weighted by Crippen LogP contribution is -1.99. The topological polar surface area (TPSA) is 43.8 Å². The van der Waals surface area contributed by atoms with E-state index in [1.165, 1.54) is 30.7 Å². The third-order valence-corrected chi connectivity index (χ3v) is 2.81. The summed E-state index contributed by atoms with van der Waals surface area (Å²) in [7, 11) is 1.65. The van der Waals surface area contributed by atoms with Gasteiger partial charge in [0.05, 0.1) is 5.69 Å². The fourth-order valence-corrected chi connectivity index (χ4v) is 1.75. The molecular weight excluding hydrogens is 224 g/mol. The van der Waals surface area contributed by atoms with E-state index in [2.05, 4.69) is 5.10 Å². The van der Waals surface area contributed by atoms with Crippen LogP contribution >= 0.6 is 0 Å². The number of nitrogen functional groups attached to an aromatic ring is 1. The van der Waals surface area contributed by atoms with E-state index < -0.39 is 11.6 Å². The first-order valence-electron chi connectivity index (χ1n) is 5.17. The Morgan fingerprint density at radius 2 is 1.88 bits per heavy atom. The van der Waals surface area contributed by atoms with Gasteiger partial charge < -0.3 is 5.73 Å². The normalized spacial score (nSPS) is 10.9. The van der Waals surface area contributed by atoms with Gasteiger partial charge in [0, 0.05) is 18.7 Å². The minimum absolute atomic E-state index is 0.176. The maximum Gasteiger partial charge on any atom is 0.136 e. The molecule has 2 rings (SSSR count). The van der Waals surface area contributed by atoms with E-state index in [1.54, 1.807) is 7.05 Å². The quantitative estimate of drug-likeness (QED) is 0.828. The fraction of sp³-hybridized carbons (Fsp3) is 0.250. The molecule has 1 heterocycles. The van der Waals surface area contributed by atoms with Gasteiger partial charge in [0.1, 0.15) is 17.5 Å². The summed E-state index contributed by atoms with van der Waals surface area (Å²) < 4.78 is 29.0. The van der Waals surface area contributed by atoms with E-state index in [0.717, 1.165) is 0 Å². The largest absolute Gasteiger partial charge is 0.384 e. The van der Waals surface area contributed by atoms with Gasteiger partial charge in [-0.25, -0.2) is 8.78 Å². The molecule has 1 aromatic heterocycles. The highest BCUT2D eigenvalue weighted by Gasteiger charge is 2.18. The van der Waals surface area contributed by atoms with Gasteiger partial charge in [0.2, 0.25) is 0 Å². The van der Waals surface area contributed by atoms with Gasteiger partial charge in [-0.3, -0.25) is 4.68 Å². The molecule has 5 heteroatoms. The molecule has 90 valence electrons. The van der Waals surface area contributed by atoms with Crippen molar-refractivity contribution in [2.75, 3.05) is 5.73 Å². The van der Waals surface area contributed by atoms with Crippen LogP contribution in [-0.4, -0.2) is 9.78 Å². The van der Waals surface area contributed by atoms with Crippen LogP contribution in [0.15, 0.2) is 12.1 Å². The number of aryl methyl sites for hydroxylation is 2. The average Bonchev–Trinajstić information content (AvgIpc) is 2.57. The standard InChI is InChI=1S/C12H13F2N3/c1-6-4-8(13)7(2)11(12(6)14)9-5-10(15)17(3)16-9/h4-5H,15H2,1-3H3. The lowest BCUT2D eigenvalue weighted by atomic mass is 10.0. The van der Waals surface area contributed by atoms with E-state index >= 15 is 0 Å². The number of aromatic nitrogens is 2. The van der Waals surface area contributed by atoms with Crippen LogP contribution in [-0.2, 0) is 7.05 Å². The Bertz CT molecular complexity index is 542. The molecule has 0 spiro atoms. The highest BCUT2D eigenvalue weighted by molar-refractivity contribution is 5.67. The molecular formula is C12H13F2N3. The van der Waals surface area contributed by atoms with Gasteiger partial charge in [-0.1, -0.05) is 0 Å². The summed E-state index contributed by atoms with van der Waals surface area (Å²) in [4.78, 5) is 0. The van der Waals surface area contributed by atoms with Crippen LogP contribution in [0.25, 0.3) is 11.3 Å². The van der Waals surface area contributed by atoms with E-state index in [-0.39, 0.29) is 16.7 Å². The summed E-state index contributed by atoms with van der Waals surface area (Å²) in [6.45, 7) is 3.05. The molecule has 0 bridgehead atoms. The van der Waals surface area contributed by atoms with Crippen LogP contribution in [0.3, 0.4) is 0 Å². The molecule has 2 N–H and O–H groups in total. The van der Waals surface area contributed by atoms with Crippen molar-refractivity contribution in [3.63, 3.8) is 0 Å². The van der Waals surface area contributed by atoms with Crippen LogP contribution in [0.4, 0.5) is 14.6 Å². The maximum absolute atomic E-state index is 14.0. The highest BCUT2D eigenvalue weighted by Crippen LogP contribution is 2.30. The average molecular weight is 237 g/mol. The zero-order valence-corrected chi connectivity index (χ0v) is 9.88. The van der Waals surface area contributed by atoms with Crippen LogP contribution in [0.2, 0.25) is 0 Å². The van der Waals surface area contributed by atoms with Crippen molar-refractivity contribution in [1.82, 2.24) is 9.78 Å². The first kappa shape index (κ1) is 11.6. The minimum Gasteiger partial charge on any atom is -0.384 e. The molecule has 0 saturated carbocycles. The Labute approximate surface area is 97.9 Å². The van der Waals surface area contributed by atoms with Crippen LogP contribution in [0.1, 0.15) is 11.1 Å². The summed E-state index contributed by atoms with van der Waals surface area (Å²) in [5, 5.41) is 4.07. The van der Waals surface area contributed by atoms with Crippen molar-refractivity contribution in [2.24, 2.45) is 7.05 Å². The SMILES string of the molecule is Cc1cc(F)c(C)c(-c2cc(N)n(C)n2)c1F. The molecule has 0 amide bonds. The van der Waals surface area contributed by atoms with E-state index in [9.17, 15) is 8.78 Å². The molecule has 3 nitrogen and oxygen atoms in total. The van der Waals surface area contributed by atoms with Crippen molar-refractivity contribution in [2.45, 2.75) is 13.8 Å². The van der Waals surface area contributed by atoms with Gasteiger partial charge in [-0.15, -0.1) is 0 Å². The van der Waals surface area contributed by atoms with Gasteiger partial charge >= 0.3 is 0 Å². The van der Waals surface area contributed by atoms with Crippen LogP contribution in [0, 0.1) is 25.5 Å². The number of nitrogens with zero attached hydrogens (tertiary/aromatic N) is 2. The summed E-state index contributed by atoms with van der Waals surface area (Å²) in [6, 6.07) is 2.71. The number of benzene rings is 1. The summed E-state index contributed by atoms with van der Waals surface area (Å²) in [5.74, 6) is -0.495. The molecule has 0 atom stereocenters. The zero-order chi connectivity index (χ0) is 12.7. The van der Waals surface area contributed by atoms with Crippen molar-refractivity contribution in [1.29, 1.82) is 0 Å². The first-order chi connectivity index (χ1) is 7.91. The molecule has 1 aromatic carbocycles. The molecule has 0 fully saturated rings. The van der Waals surface area contributed by atoms with Crippen LogP contribution in [0.5, 0.6) is 0 Å². The smallest absolute Gasteiger partial charge is 0.136 e. The third-order valence-electron chi connectivity index (χ3n) is 2.81. The number of halogens is 2. The van der Waals surface area contributed by atoms with Crippen molar-refractivity contribution in [3.8, 4) is 11.3 Å². The minimum atomic E-state index is -0.456. The van der Waals surface area contributed by atoms with Crippen molar-refractivity contribution < 1.29 is 8.78 Å². The summed E-state index contributed by atoms with van der Waals surface area (Å²) in [6.07, 6.45) is 0. The lowest BCUT2D eigenvalue weighted by molar-refractivity contribution is 0.587. The van der Waals surface area contributed by atoms with Gasteiger partial charge in [-0.2, -0.15) is 5.10 Å². The molecule has 0 aliphatic heterocycles. The van der Waals surface area contributed by atoms with Gasteiger partial charge in [0.15, 0.2) is 0 Å². The Morgan fingerprint density at radius 3 is 2.41 bits per heavy atom. The second-order valence-corrected chi connectivity index (χ2v) is 4.07. The predicted molar refractivity (Wildman–Crippen MR) is 62.4 cm³/mol. The third kappa shape index (κ3) is 1.77. The van der Waals surface area contributed by atoms with Crippen LogP contribution < -0.4 is 5.73 Å². The molecule has 0 aliphatic rings. The maximum atomic E-state index is 14.0. The number of hydrogen-bond acceptors (Lipinski definition) is 2. The molecule has 2 aromatic rings. The number of nitrogens with two attached hydrogens (primary N) is 1. The molecule has 0 saturated heterocycles. The predicted octanol–water partition coefficient (Wildman–Crippen LogP) is 2.56. The Kier molecular flexibility index (Phi) is 2.61. The zero-order valence-electron chi connectivity index (χ0n) is 9.88. The second kappa shape index (κ2) is 3.84. The molecule has 17 heavy (non-hydrogen) atoms. The lowest BCUT2D eigenvalue weighted by Gasteiger charge is -2.08. The second-order valence-electron chi connectivity index (χ2n) is 4.07. The highest BCUT2D eigenvalue weighted by atomic mass is 19.1. The number of rotatable bonds is 1. The van der Waals surface area contributed by atoms with Crippen molar-refractivity contribution in [3.05, 3.63) is 34.9 Å². The number of hydrogen-bond donors (Lipinski definition) is 1. The summed E-state index contributed by atoms with van der Waals surface area (Å²) >= 11 is 0. The van der Waals surface area contributed by atoms with Crippen molar-refractivity contribution >= 4 is 5.82 Å². The van der Waals surface area contributed by atoms with Gasteiger partial charge in [0.25, 0.3) is 0 Å². The molecule has 0 radical (unpaired) electrons. The Morgan fingerprint density at radius 1 is 1.24 bits per heavy atom. The summed E-state index contributed by atoms with van der Waals surface area (Å²) in [5.41, 5.74) is 6.66. The van der Waals surface area contributed by atoms with Gasteiger partial charge in [-0.05, 0) is 31.0 Å². The Balaban J connectivity index is 2.74. The monoisotopic (exact) mass is 237 g/mol. The van der Waals surface area contributed by atoms with E-state index in [4.69, 9.17) is 5.73 Å². The first-order valence-corrected chi connectivity index (χ1v) is 5.17. The molecule has 0 aliphatic carbocycles. The fourth-order valence-electron chi connectivity index (χ4n) is 1.75. The Hall–Kier alpha value is -1.91. The van der Waals surface area contributed by atoms with E-state index in [1.807, 2.05) is 0 Å².